The van der Waals surface area contributed by atoms with Crippen LogP contribution in [0.4, 0.5) is 11.4 Å². The Bertz CT molecular complexity index is 948. The zero-order chi connectivity index (χ0) is 22.5. The molecular formula is C24H28N2O5. The number of hydrogen-bond donors (Lipinski definition) is 1. The summed E-state index contributed by atoms with van der Waals surface area (Å²) in [5.74, 6) is -0.997. The van der Waals surface area contributed by atoms with Crippen LogP contribution in [0.3, 0.4) is 0 Å². The summed E-state index contributed by atoms with van der Waals surface area (Å²) in [7, 11) is 0. The molecule has 164 valence electrons. The van der Waals surface area contributed by atoms with Crippen molar-refractivity contribution in [3.63, 3.8) is 0 Å². The fourth-order valence-corrected chi connectivity index (χ4v) is 3.53. The minimum absolute atomic E-state index is 0.0571. The topological polar surface area (TPSA) is 84.9 Å². The van der Waals surface area contributed by atoms with E-state index in [2.05, 4.69) is 5.32 Å². The monoisotopic (exact) mass is 424 g/mol. The molecule has 2 aromatic rings. The van der Waals surface area contributed by atoms with Gasteiger partial charge in [-0.3, -0.25) is 14.4 Å². The molecule has 1 aliphatic heterocycles. The molecule has 31 heavy (non-hydrogen) atoms. The first kappa shape index (κ1) is 22.3. The molecule has 1 N–H and O–H groups in total. The molecule has 1 aliphatic rings. The highest BCUT2D eigenvalue weighted by Gasteiger charge is 2.36. The van der Waals surface area contributed by atoms with Crippen LogP contribution in [0, 0.1) is 19.8 Å². The van der Waals surface area contributed by atoms with Crippen molar-refractivity contribution < 1.29 is 23.9 Å². The van der Waals surface area contributed by atoms with Gasteiger partial charge in [0.2, 0.25) is 5.91 Å². The number of esters is 1. The van der Waals surface area contributed by atoms with E-state index in [1.807, 2.05) is 45.9 Å². The van der Waals surface area contributed by atoms with Gasteiger partial charge in [0.1, 0.15) is 5.75 Å². The molecule has 0 radical (unpaired) electrons. The summed E-state index contributed by atoms with van der Waals surface area (Å²) in [4.78, 5) is 38.6. The summed E-state index contributed by atoms with van der Waals surface area (Å²) in [6.45, 7) is 7.51. The molecule has 2 aromatic carbocycles. The molecule has 0 saturated carbocycles. The molecule has 2 amide bonds. The van der Waals surface area contributed by atoms with Crippen LogP contribution in [0.2, 0.25) is 0 Å². The highest BCUT2D eigenvalue weighted by Crippen LogP contribution is 2.28. The fourth-order valence-electron chi connectivity index (χ4n) is 3.53. The number of anilines is 2. The maximum Gasteiger partial charge on any atom is 0.311 e. The first-order chi connectivity index (χ1) is 14.7. The van der Waals surface area contributed by atoms with E-state index in [0.29, 0.717) is 5.69 Å². The third-order valence-corrected chi connectivity index (χ3v) is 5.07. The summed E-state index contributed by atoms with van der Waals surface area (Å²) < 4.78 is 10.8. The molecule has 0 unspecified atom stereocenters. The number of carbonyl (C=O) groups is 3. The lowest BCUT2D eigenvalue weighted by Gasteiger charge is -2.17. The van der Waals surface area contributed by atoms with E-state index in [1.54, 1.807) is 29.2 Å². The van der Waals surface area contributed by atoms with E-state index in [1.165, 1.54) is 0 Å². The van der Waals surface area contributed by atoms with Gasteiger partial charge in [-0.2, -0.15) is 0 Å². The number of rotatable bonds is 7. The van der Waals surface area contributed by atoms with Gasteiger partial charge < -0.3 is 19.7 Å². The van der Waals surface area contributed by atoms with Crippen molar-refractivity contribution in [2.24, 2.45) is 5.92 Å². The maximum atomic E-state index is 12.4. The van der Waals surface area contributed by atoms with Gasteiger partial charge in [-0.1, -0.05) is 18.2 Å². The molecule has 1 fully saturated rings. The predicted molar refractivity (Wildman–Crippen MR) is 118 cm³/mol. The quantitative estimate of drug-likeness (QED) is 0.686. The Kier molecular flexibility index (Phi) is 6.95. The SMILES string of the molecule is Cc1cccc(C)c1NC(=O)COC(=O)[C@H]1CC(=O)N(c2ccc(OC(C)C)cc2)C1. The fraction of sp³-hybridized carbons (Fsp3) is 0.375. The second kappa shape index (κ2) is 9.64. The van der Waals surface area contributed by atoms with Crippen molar-refractivity contribution in [2.45, 2.75) is 40.2 Å². The minimum Gasteiger partial charge on any atom is -0.491 e. The van der Waals surface area contributed by atoms with Crippen molar-refractivity contribution in [2.75, 3.05) is 23.4 Å². The number of benzene rings is 2. The molecule has 0 spiro atoms. The highest BCUT2D eigenvalue weighted by molar-refractivity contribution is 6.00. The average Bonchev–Trinajstić information content (AvgIpc) is 3.11. The Morgan fingerprint density at radius 1 is 1.10 bits per heavy atom. The Hall–Kier alpha value is -3.35. The van der Waals surface area contributed by atoms with Gasteiger partial charge in [0.15, 0.2) is 6.61 Å². The lowest BCUT2D eigenvalue weighted by atomic mass is 10.1. The van der Waals surface area contributed by atoms with Gasteiger partial charge in [0.25, 0.3) is 5.91 Å². The minimum atomic E-state index is -0.605. The van der Waals surface area contributed by atoms with Crippen molar-refractivity contribution in [1.29, 1.82) is 0 Å². The lowest BCUT2D eigenvalue weighted by molar-refractivity contribution is -0.151. The van der Waals surface area contributed by atoms with E-state index in [4.69, 9.17) is 9.47 Å². The number of para-hydroxylation sites is 1. The van der Waals surface area contributed by atoms with Crippen LogP contribution < -0.4 is 15.0 Å². The Balaban J connectivity index is 1.53. The normalized spacial score (nSPS) is 15.8. The van der Waals surface area contributed by atoms with Gasteiger partial charge in [0.05, 0.1) is 12.0 Å². The molecular weight excluding hydrogens is 396 g/mol. The Morgan fingerprint density at radius 3 is 2.35 bits per heavy atom. The van der Waals surface area contributed by atoms with E-state index >= 15 is 0 Å². The van der Waals surface area contributed by atoms with Crippen LogP contribution in [0.15, 0.2) is 42.5 Å². The van der Waals surface area contributed by atoms with Gasteiger partial charge in [-0.05, 0) is 63.1 Å². The number of amides is 2. The van der Waals surface area contributed by atoms with Gasteiger partial charge >= 0.3 is 5.97 Å². The Morgan fingerprint density at radius 2 is 1.74 bits per heavy atom. The Labute approximate surface area is 182 Å². The second-order valence-electron chi connectivity index (χ2n) is 7.99. The molecule has 1 saturated heterocycles. The highest BCUT2D eigenvalue weighted by atomic mass is 16.5. The van der Waals surface area contributed by atoms with E-state index in [9.17, 15) is 14.4 Å². The first-order valence-corrected chi connectivity index (χ1v) is 10.3. The number of ether oxygens (including phenoxy) is 2. The predicted octanol–water partition coefficient (Wildman–Crippen LogP) is 3.63. The molecule has 3 rings (SSSR count). The van der Waals surface area contributed by atoms with Crippen LogP contribution in [0.5, 0.6) is 5.75 Å². The van der Waals surface area contributed by atoms with Crippen molar-refractivity contribution in [1.82, 2.24) is 0 Å². The van der Waals surface area contributed by atoms with E-state index < -0.39 is 24.4 Å². The molecule has 0 aromatic heterocycles. The van der Waals surface area contributed by atoms with Gasteiger partial charge in [0, 0.05) is 24.3 Å². The van der Waals surface area contributed by atoms with E-state index in [-0.39, 0.29) is 25.0 Å². The smallest absolute Gasteiger partial charge is 0.311 e. The number of aryl methyl sites for hydroxylation is 2. The molecule has 1 heterocycles. The summed E-state index contributed by atoms with van der Waals surface area (Å²) in [5, 5.41) is 2.78. The standard InChI is InChI=1S/C24H28N2O5/c1-15(2)31-20-10-8-19(9-11-20)26-13-18(12-22(26)28)24(29)30-14-21(27)25-23-16(3)6-5-7-17(23)4/h5-11,15,18H,12-14H2,1-4H3,(H,25,27)/t18-/m0/s1. The van der Waals surface area contributed by atoms with E-state index in [0.717, 1.165) is 22.6 Å². The zero-order valence-electron chi connectivity index (χ0n) is 18.3. The van der Waals surface area contributed by atoms with Crippen molar-refractivity contribution >= 4 is 29.2 Å². The number of hydrogen-bond acceptors (Lipinski definition) is 5. The average molecular weight is 424 g/mol. The summed E-state index contributed by atoms with van der Waals surface area (Å²) in [5.41, 5.74) is 3.28. The number of carbonyl (C=O) groups excluding carboxylic acids is 3. The summed E-state index contributed by atoms with van der Waals surface area (Å²) in [6.07, 6.45) is 0.118. The van der Waals surface area contributed by atoms with Crippen LogP contribution >= 0.6 is 0 Å². The third-order valence-electron chi connectivity index (χ3n) is 5.07. The molecule has 1 atom stereocenters. The first-order valence-electron chi connectivity index (χ1n) is 10.3. The van der Waals surface area contributed by atoms with Crippen LogP contribution in [0.1, 0.15) is 31.4 Å². The van der Waals surface area contributed by atoms with Crippen LogP contribution in [-0.4, -0.2) is 37.0 Å². The number of nitrogens with one attached hydrogen (secondary N) is 1. The summed E-state index contributed by atoms with van der Waals surface area (Å²) in [6, 6.07) is 12.9. The summed E-state index contributed by atoms with van der Waals surface area (Å²) >= 11 is 0. The second-order valence-corrected chi connectivity index (χ2v) is 7.99. The maximum absolute atomic E-state index is 12.4. The van der Waals surface area contributed by atoms with Crippen LogP contribution in [-0.2, 0) is 19.1 Å². The number of nitrogens with zero attached hydrogens (tertiary/aromatic N) is 1. The zero-order valence-corrected chi connectivity index (χ0v) is 18.3. The molecule has 0 aliphatic carbocycles. The molecule has 7 nitrogen and oxygen atoms in total. The molecule has 0 bridgehead atoms. The van der Waals surface area contributed by atoms with Crippen molar-refractivity contribution in [3.8, 4) is 5.75 Å². The van der Waals surface area contributed by atoms with Crippen molar-refractivity contribution in [3.05, 3.63) is 53.6 Å². The van der Waals surface area contributed by atoms with Gasteiger partial charge in [-0.15, -0.1) is 0 Å². The third kappa shape index (κ3) is 5.63. The lowest BCUT2D eigenvalue weighted by Crippen LogP contribution is -2.28. The largest absolute Gasteiger partial charge is 0.491 e. The van der Waals surface area contributed by atoms with Crippen LogP contribution in [0.25, 0.3) is 0 Å². The van der Waals surface area contributed by atoms with Gasteiger partial charge in [-0.25, -0.2) is 0 Å². The molecule has 7 heteroatoms.